The molecule has 0 saturated heterocycles. The van der Waals surface area contributed by atoms with Gasteiger partial charge in [-0.1, -0.05) is 80.4 Å². The minimum absolute atomic E-state index is 0.0594. The highest BCUT2D eigenvalue weighted by atomic mass is 79.9. The maximum absolute atomic E-state index is 6.35. The molecule has 0 aliphatic heterocycles. The van der Waals surface area contributed by atoms with E-state index in [1.54, 1.807) is 7.11 Å². The van der Waals surface area contributed by atoms with Gasteiger partial charge in [0.1, 0.15) is 5.75 Å². The molecule has 3 aromatic carbocycles. The monoisotopic (exact) mass is 567 g/mol. The predicted molar refractivity (Wildman–Crippen MR) is 142 cm³/mol. The maximum atomic E-state index is 6.35. The van der Waals surface area contributed by atoms with Crippen LogP contribution in [-0.2, 0) is 19.4 Å². The summed E-state index contributed by atoms with van der Waals surface area (Å²) in [6.07, 6.45) is 4.95. The first kappa shape index (κ1) is 23.6. The number of hydrogen-bond acceptors (Lipinski definition) is 3. The number of ether oxygens (including phenoxy) is 1. The zero-order valence-electron chi connectivity index (χ0n) is 18.5. The Balaban J connectivity index is 1.59. The second-order valence-corrected chi connectivity index (χ2v) is 9.85. The molecular weight excluding hydrogens is 542 g/mol. The number of anilines is 1. The molecule has 0 aliphatic carbocycles. The van der Waals surface area contributed by atoms with Crippen LogP contribution in [0.3, 0.4) is 0 Å². The molecule has 4 rings (SSSR count). The zero-order chi connectivity index (χ0) is 23.2. The van der Waals surface area contributed by atoms with Crippen molar-refractivity contribution in [2.75, 3.05) is 12.8 Å². The minimum Gasteiger partial charge on any atom is -0.497 e. The number of hydrogen-bond donors (Lipinski definition) is 1. The molecule has 2 N–H and O–H groups in total. The lowest BCUT2D eigenvalue weighted by atomic mass is 9.89. The van der Waals surface area contributed by atoms with Crippen LogP contribution in [0, 0.1) is 0 Å². The number of aromatic nitrogens is 2. The van der Waals surface area contributed by atoms with Crippen molar-refractivity contribution >= 4 is 37.8 Å². The summed E-state index contributed by atoms with van der Waals surface area (Å²) in [6, 6.07) is 25.1. The molecule has 4 nitrogen and oxygen atoms in total. The molecule has 0 amide bonds. The van der Waals surface area contributed by atoms with Crippen LogP contribution in [-0.4, -0.2) is 16.7 Å². The standard InChI is InChI=1S/C27H27Br2N3O/c1-33-22-13-14-23(25(29)17-22)24(16-20-9-11-21(28)12-10-20)26-18-32(27(30)31-26)15-5-8-19-6-3-2-4-7-19/h2-4,6-7,9-14,17-18,24H,5,8,15-16H2,1H3,(H2,30,31). The van der Waals surface area contributed by atoms with Crippen molar-refractivity contribution in [1.82, 2.24) is 9.55 Å². The summed E-state index contributed by atoms with van der Waals surface area (Å²) in [4.78, 5) is 4.79. The number of nitrogen functional groups attached to an aromatic ring is 1. The van der Waals surface area contributed by atoms with Gasteiger partial charge in [-0.3, -0.25) is 0 Å². The Labute approximate surface area is 212 Å². The van der Waals surface area contributed by atoms with Crippen LogP contribution in [0.1, 0.15) is 34.7 Å². The van der Waals surface area contributed by atoms with E-state index in [2.05, 4.69) is 97.2 Å². The van der Waals surface area contributed by atoms with Gasteiger partial charge in [-0.15, -0.1) is 0 Å². The molecule has 0 aliphatic rings. The molecule has 0 spiro atoms. The number of methoxy groups -OCH3 is 1. The van der Waals surface area contributed by atoms with E-state index in [9.17, 15) is 0 Å². The largest absolute Gasteiger partial charge is 0.497 e. The summed E-state index contributed by atoms with van der Waals surface area (Å²) < 4.78 is 9.54. The van der Waals surface area contributed by atoms with Crippen molar-refractivity contribution in [3.8, 4) is 5.75 Å². The number of benzene rings is 3. The van der Waals surface area contributed by atoms with Crippen molar-refractivity contribution in [2.45, 2.75) is 31.7 Å². The highest BCUT2D eigenvalue weighted by Gasteiger charge is 2.22. The fourth-order valence-corrected chi connectivity index (χ4v) is 4.94. The molecule has 1 aromatic heterocycles. The third kappa shape index (κ3) is 6.06. The van der Waals surface area contributed by atoms with Crippen LogP contribution >= 0.6 is 31.9 Å². The van der Waals surface area contributed by atoms with Gasteiger partial charge in [0.15, 0.2) is 5.95 Å². The third-order valence-electron chi connectivity index (χ3n) is 5.83. The topological polar surface area (TPSA) is 53.1 Å². The Bertz CT molecular complexity index is 1190. The van der Waals surface area contributed by atoms with Crippen LogP contribution in [0.5, 0.6) is 5.75 Å². The second-order valence-electron chi connectivity index (χ2n) is 8.08. The number of imidazole rings is 1. The first-order valence-electron chi connectivity index (χ1n) is 11.0. The van der Waals surface area contributed by atoms with Gasteiger partial charge in [-0.2, -0.15) is 0 Å². The van der Waals surface area contributed by atoms with Crippen molar-refractivity contribution in [3.05, 3.63) is 110 Å². The van der Waals surface area contributed by atoms with E-state index in [1.807, 2.05) is 18.2 Å². The van der Waals surface area contributed by atoms with Crippen LogP contribution < -0.4 is 10.5 Å². The molecule has 1 unspecified atom stereocenters. The van der Waals surface area contributed by atoms with E-state index in [4.69, 9.17) is 15.5 Å². The molecule has 6 heteroatoms. The first-order valence-corrected chi connectivity index (χ1v) is 12.6. The quantitative estimate of drug-likeness (QED) is 0.236. The highest BCUT2D eigenvalue weighted by Crippen LogP contribution is 2.35. The molecule has 0 radical (unpaired) electrons. The predicted octanol–water partition coefficient (Wildman–Crippen LogP) is 7.01. The lowest BCUT2D eigenvalue weighted by Gasteiger charge is -2.18. The minimum atomic E-state index is 0.0594. The van der Waals surface area contributed by atoms with Gasteiger partial charge in [-0.05, 0) is 60.2 Å². The molecule has 0 bridgehead atoms. The maximum Gasteiger partial charge on any atom is 0.200 e. The fourth-order valence-electron chi connectivity index (χ4n) is 4.04. The molecular formula is C27H27Br2N3O. The third-order valence-corrected chi connectivity index (χ3v) is 7.04. The van der Waals surface area contributed by atoms with Gasteiger partial charge in [0, 0.05) is 27.6 Å². The van der Waals surface area contributed by atoms with E-state index >= 15 is 0 Å². The van der Waals surface area contributed by atoms with Gasteiger partial charge in [-0.25, -0.2) is 4.98 Å². The summed E-state index contributed by atoms with van der Waals surface area (Å²) in [5.41, 5.74) is 11.1. The highest BCUT2D eigenvalue weighted by molar-refractivity contribution is 9.10. The van der Waals surface area contributed by atoms with E-state index in [-0.39, 0.29) is 5.92 Å². The molecule has 4 aromatic rings. The molecule has 1 heterocycles. The average molecular weight is 569 g/mol. The lowest BCUT2D eigenvalue weighted by molar-refractivity contribution is 0.414. The van der Waals surface area contributed by atoms with Crippen molar-refractivity contribution in [3.63, 3.8) is 0 Å². The lowest BCUT2D eigenvalue weighted by Crippen LogP contribution is -2.07. The van der Waals surface area contributed by atoms with Gasteiger partial charge >= 0.3 is 0 Å². The van der Waals surface area contributed by atoms with E-state index in [0.717, 1.165) is 51.8 Å². The van der Waals surface area contributed by atoms with E-state index in [0.29, 0.717) is 5.95 Å². The summed E-state index contributed by atoms with van der Waals surface area (Å²) in [5.74, 6) is 1.44. The van der Waals surface area contributed by atoms with Crippen molar-refractivity contribution < 1.29 is 4.74 Å². The SMILES string of the molecule is COc1ccc(C(Cc2ccc(Br)cc2)c2cn(CCCc3ccccc3)c(N)n2)c(Br)c1. The molecule has 1 atom stereocenters. The molecule has 0 fully saturated rings. The molecule has 33 heavy (non-hydrogen) atoms. The number of rotatable bonds is 9. The Morgan fingerprint density at radius 2 is 1.73 bits per heavy atom. The summed E-state index contributed by atoms with van der Waals surface area (Å²) in [7, 11) is 1.68. The summed E-state index contributed by atoms with van der Waals surface area (Å²) >= 11 is 7.28. The normalized spacial score (nSPS) is 12.0. The summed E-state index contributed by atoms with van der Waals surface area (Å²) in [5, 5.41) is 0. The number of nitrogens with two attached hydrogens (primary N) is 1. The van der Waals surface area contributed by atoms with E-state index in [1.165, 1.54) is 11.1 Å². The average Bonchev–Trinajstić information content (AvgIpc) is 3.19. The second kappa shape index (κ2) is 11.0. The Morgan fingerprint density at radius 1 is 0.970 bits per heavy atom. The van der Waals surface area contributed by atoms with E-state index < -0.39 is 0 Å². The number of aryl methyl sites for hydroxylation is 2. The summed E-state index contributed by atoms with van der Waals surface area (Å²) in [6.45, 7) is 0.836. The Hall–Kier alpha value is -2.57. The van der Waals surface area contributed by atoms with Crippen molar-refractivity contribution in [1.29, 1.82) is 0 Å². The van der Waals surface area contributed by atoms with Gasteiger partial charge in [0.2, 0.25) is 0 Å². The van der Waals surface area contributed by atoms with Crippen LogP contribution in [0.25, 0.3) is 0 Å². The van der Waals surface area contributed by atoms with Crippen molar-refractivity contribution in [2.24, 2.45) is 0 Å². The Kier molecular flexibility index (Phi) is 7.89. The molecule has 170 valence electrons. The van der Waals surface area contributed by atoms with Gasteiger partial charge < -0.3 is 15.0 Å². The van der Waals surface area contributed by atoms with Crippen LogP contribution in [0.4, 0.5) is 5.95 Å². The van der Waals surface area contributed by atoms with Crippen LogP contribution in [0.2, 0.25) is 0 Å². The first-order chi connectivity index (χ1) is 16.0. The Morgan fingerprint density at radius 3 is 2.42 bits per heavy atom. The van der Waals surface area contributed by atoms with Crippen LogP contribution in [0.15, 0.2) is 87.9 Å². The number of halogens is 2. The molecule has 0 saturated carbocycles. The zero-order valence-corrected chi connectivity index (χ0v) is 21.7. The number of nitrogens with zero attached hydrogens (tertiary/aromatic N) is 2. The fraction of sp³-hybridized carbons (Fsp3) is 0.222. The smallest absolute Gasteiger partial charge is 0.200 e. The van der Waals surface area contributed by atoms with Gasteiger partial charge in [0.05, 0.1) is 12.8 Å². The van der Waals surface area contributed by atoms with Gasteiger partial charge in [0.25, 0.3) is 0 Å².